The summed E-state index contributed by atoms with van der Waals surface area (Å²) >= 11 is 6.10. The maximum Gasteiger partial charge on any atom is 0.272 e. The van der Waals surface area contributed by atoms with Crippen LogP contribution in [0.4, 0.5) is 11.4 Å². The highest BCUT2D eigenvalue weighted by atomic mass is 35.5. The molecular weight excluding hydrogens is 522 g/mol. The fourth-order valence-corrected chi connectivity index (χ4v) is 3.97. The number of rotatable bonds is 9. The van der Waals surface area contributed by atoms with Crippen LogP contribution in [-0.4, -0.2) is 31.7 Å². The second-order valence-corrected chi connectivity index (χ2v) is 9.58. The monoisotopic (exact) mass is 549 g/mol. The topological polar surface area (TPSA) is 78.5 Å². The highest BCUT2D eigenvalue weighted by Crippen LogP contribution is 2.17. The van der Waals surface area contributed by atoms with Crippen LogP contribution < -0.4 is 15.5 Å². The molecule has 2 amide bonds. The smallest absolute Gasteiger partial charge is 0.272 e. The molecule has 2 N–H and O–H groups in total. The molecule has 0 aliphatic heterocycles. The average molecular weight is 550 g/mol. The van der Waals surface area contributed by atoms with Gasteiger partial charge in [0.1, 0.15) is 5.70 Å². The Morgan fingerprint density at radius 2 is 1.45 bits per heavy atom. The summed E-state index contributed by atoms with van der Waals surface area (Å²) in [5.74, 6) is -1.11. The number of carbonyl (C=O) groups excluding carboxylic acids is 3. The number of carbonyl (C=O) groups is 3. The highest BCUT2D eigenvalue weighted by molar-refractivity contribution is 6.30. The van der Waals surface area contributed by atoms with Crippen LogP contribution in [0.15, 0.2) is 115 Å². The van der Waals surface area contributed by atoms with E-state index < -0.39 is 11.8 Å². The van der Waals surface area contributed by atoms with E-state index >= 15 is 0 Å². The van der Waals surface area contributed by atoms with Crippen LogP contribution >= 0.6 is 11.6 Å². The molecule has 200 valence electrons. The molecule has 0 aliphatic rings. The summed E-state index contributed by atoms with van der Waals surface area (Å²) in [5.41, 5.74) is 4.04. The third-order valence-electron chi connectivity index (χ3n) is 5.95. The first-order valence-electron chi connectivity index (χ1n) is 12.5. The Kier molecular flexibility index (Phi) is 9.28. The van der Waals surface area contributed by atoms with Gasteiger partial charge in [0.2, 0.25) is 0 Å². The fourth-order valence-electron chi connectivity index (χ4n) is 3.77. The van der Waals surface area contributed by atoms with Crippen LogP contribution in [0.5, 0.6) is 0 Å². The van der Waals surface area contributed by atoms with E-state index in [1.165, 1.54) is 6.08 Å². The van der Waals surface area contributed by atoms with Gasteiger partial charge in [0.25, 0.3) is 11.8 Å². The molecule has 0 bridgehead atoms. The molecule has 40 heavy (non-hydrogen) atoms. The summed E-state index contributed by atoms with van der Waals surface area (Å²) < 4.78 is 0. The molecule has 0 saturated carbocycles. The van der Waals surface area contributed by atoms with Gasteiger partial charge in [0.15, 0.2) is 5.78 Å². The van der Waals surface area contributed by atoms with E-state index in [9.17, 15) is 14.4 Å². The van der Waals surface area contributed by atoms with E-state index in [0.29, 0.717) is 27.4 Å². The molecule has 0 atom stereocenters. The number of nitrogens with zero attached hydrogens (tertiary/aromatic N) is 1. The SMILES string of the molecule is CN(C)c1ccc(/C=C/C(=O)c2ccc(NC(=O)/C(=C/c3cccc(Cl)c3)NC(=O)c3ccccc3)cc2)cc1. The van der Waals surface area contributed by atoms with Crippen molar-refractivity contribution in [1.82, 2.24) is 5.32 Å². The second kappa shape index (κ2) is 13.2. The summed E-state index contributed by atoms with van der Waals surface area (Å²) in [4.78, 5) is 40.7. The van der Waals surface area contributed by atoms with E-state index in [1.807, 2.05) is 43.3 Å². The van der Waals surface area contributed by atoms with Crippen molar-refractivity contribution in [2.45, 2.75) is 0 Å². The molecule has 0 heterocycles. The van der Waals surface area contributed by atoms with Gasteiger partial charge < -0.3 is 15.5 Å². The Bertz CT molecular complexity index is 1560. The summed E-state index contributed by atoms with van der Waals surface area (Å²) in [7, 11) is 3.94. The molecule has 0 radical (unpaired) electrons. The summed E-state index contributed by atoms with van der Waals surface area (Å²) in [6, 6.07) is 30.0. The second-order valence-electron chi connectivity index (χ2n) is 9.15. The lowest BCUT2D eigenvalue weighted by molar-refractivity contribution is -0.113. The van der Waals surface area contributed by atoms with E-state index in [2.05, 4.69) is 10.6 Å². The predicted molar refractivity (Wildman–Crippen MR) is 163 cm³/mol. The van der Waals surface area contributed by atoms with Gasteiger partial charge in [-0.1, -0.05) is 60.1 Å². The Balaban J connectivity index is 1.47. The minimum atomic E-state index is -0.524. The molecular formula is C33H28ClN3O3. The Hall–Kier alpha value is -4.94. The van der Waals surface area contributed by atoms with Crippen LogP contribution in [0.2, 0.25) is 5.02 Å². The quantitative estimate of drug-likeness (QED) is 0.180. The van der Waals surface area contributed by atoms with E-state index in [4.69, 9.17) is 11.6 Å². The number of hydrogen-bond donors (Lipinski definition) is 2. The maximum absolute atomic E-state index is 13.2. The van der Waals surface area contributed by atoms with Crippen molar-refractivity contribution >= 4 is 52.7 Å². The van der Waals surface area contributed by atoms with Crippen LogP contribution in [0.25, 0.3) is 12.2 Å². The number of ketones is 1. The van der Waals surface area contributed by atoms with E-state index in [-0.39, 0.29) is 11.5 Å². The first-order chi connectivity index (χ1) is 19.3. The van der Waals surface area contributed by atoms with E-state index in [1.54, 1.807) is 91.0 Å². The minimum Gasteiger partial charge on any atom is -0.378 e. The molecule has 0 fully saturated rings. The first kappa shape index (κ1) is 28.1. The Morgan fingerprint density at radius 3 is 2.10 bits per heavy atom. The van der Waals surface area contributed by atoms with Gasteiger partial charge in [-0.15, -0.1) is 0 Å². The van der Waals surface area contributed by atoms with Crippen molar-refractivity contribution in [3.05, 3.63) is 142 Å². The molecule has 0 aliphatic carbocycles. The van der Waals surface area contributed by atoms with Crippen molar-refractivity contribution in [2.75, 3.05) is 24.3 Å². The minimum absolute atomic E-state index is 0.0412. The van der Waals surface area contributed by atoms with E-state index in [0.717, 1.165) is 11.3 Å². The molecule has 0 unspecified atom stereocenters. The number of halogens is 1. The van der Waals surface area contributed by atoms with Crippen molar-refractivity contribution in [2.24, 2.45) is 0 Å². The zero-order valence-corrected chi connectivity index (χ0v) is 22.9. The lowest BCUT2D eigenvalue weighted by Gasteiger charge is -2.12. The highest BCUT2D eigenvalue weighted by Gasteiger charge is 2.15. The molecule has 0 spiro atoms. The number of amides is 2. The predicted octanol–water partition coefficient (Wildman–Crippen LogP) is 6.71. The molecule has 4 rings (SSSR count). The van der Waals surface area contributed by atoms with Crippen LogP contribution in [-0.2, 0) is 4.79 Å². The molecule has 0 aromatic heterocycles. The molecule has 7 heteroatoms. The maximum atomic E-state index is 13.2. The lowest BCUT2D eigenvalue weighted by atomic mass is 10.1. The number of allylic oxidation sites excluding steroid dienone is 1. The van der Waals surface area contributed by atoms with Crippen molar-refractivity contribution in [3.63, 3.8) is 0 Å². The molecule has 6 nitrogen and oxygen atoms in total. The summed E-state index contributed by atoms with van der Waals surface area (Å²) in [6.07, 6.45) is 4.83. The van der Waals surface area contributed by atoms with Crippen molar-refractivity contribution in [3.8, 4) is 0 Å². The Morgan fingerprint density at radius 1 is 0.750 bits per heavy atom. The normalized spacial score (nSPS) is 11.2. The van der Waals surface area contributed by atoms with Gasteiger partial charge in [-0.2, -0.15) is 0 Å². The largest absolute Gasteiger partial charge is 0.378 e. The van der Waals surface area contributed by atoms with Gasteiger partial charge in [-0.3, -0.25) is 14.4 Å². The standard InChI is InChI=1S/C33H28ClN3O3/c1-37(2)29-18-11-23(12-19-29)13-20-31(38)25-14-16-28(17-15-25)35-33(40)30(22-24-7-6-10-27(34)21-24)36-32(39)26-8-4-3-5-9-26/h3-22H,1-2H3,(H,35,40)(H,36,39)/b20-13+,30-22-. The fraction of sp³-hybridized carbons (Fsp3) is 0.0606. The van der Waals surface area contributed by atoms with Gasteiger partial charge in [0.05, 0.1) is 0 Å². The zero-order chi connectivity index (χ0) is 28.5. The zero-order valence-electron chi connectivity index (χ0n) is 22.1. The van der Waals surface area contributed by atoms with Gasteiger partial charge >= 0.3 is 0 Å². The Labute approximate surface area is 238 Å². The third kappa shape index (κ3) is 7.79. The third-order valence-corrected chi connectivity index (χ3v) is 6.19. The average Bonchev–Trinajstić information content (AvgIpc) is 2.96. The van der Waals surface area contributed by atoms with Gasteiger partial charge in [-0.25, -0.2) is 0 Å². The summed E-state index contributed by atoms with van der Waals surface area (Å²) in [6.45, 7) is 0. The van der Waals surface area contributed by atoms with Crippen molar-refractivity contribution < 1.29 is 14.4 Å². The van der Waals surface area contributed by atoms with Crippen LogP contribution in [0.1, 0.15) is 31.8 Å². The number of benzene rings is 4. The number of hydrogen-bond acceptors (Lipinski definition) is 4. The molecule has 0 saturated heterocycles. The molecule has 4 aromatic rings. The number of anilines is 2. The summed E-state index contributed by atoms with van der Waals surface area (Å²) in [5, 5.41) is 5.98. The first-order valence-corrected chi connectivity index (χ1v) is 12.9. The number of nitrogens with one attached hydrogen (secondary N) is 2. The van der Waals surface area contributed by atoms with Gasteiger partial charge in [-0.05, 0) is 83.9 Å². The van der Waals surface area contributed by atoms with Crippen molar-refractivity contribution in [1.29, 1.82) is 0 Å². The molecule has 4 aromatic carbocycles. The van der Waals surface area contributed by atoms with Crippen LogP contribution in [0, 0.1) is 0 Å². The van der Waals surface area contributed by atoms with Gasteiger partial charge in [0, 0.05) is 41.6 Å². The van der Waals surface area contributed by atoms with Crippen LogP contribution in [0.3, 0.4) is 0 Å². The lowest BCUT2D eigenvalue weighted by Crippen LogP contribution is -2.30.